The molecular weight excluding hydrogens is 1180 g/mol. The molecule has 2 aromatic rings. The second kappa shape index (κ2) is 26.0. The highest BCUT2D eigenvalue weighted by Crippen LogP contribution is 2.62. The van der Waals surface area contributed by atoms with Crippen LogP contribution >= 0.6 is 7.82 Å². The number of aliphatic hydroxyl groups is 2. The number of H-pyrrole nitrogens is 1. The van der Waals surface area contributed by atoms with Crippen molar-refractivity contribution in [2.24, 2.45) is 79.7 Å². The fourth-order valence-electron chi connectivity index (χ4n) is 16.7. The summed E-state index contributed by atoms with van der Waals surface area (Å²) in [5.41, 5.74) is 38.0. The largest absolute Gasteiger partial charge is 0.472 e. The molecule has 18 atom stereocenters. The molecule has 5 fully saturated rings. The van der Waals surface area contributed by atoms with Crippen LogP contribution in [0.1, 0.15) is 150 Å². The molecule has 0 saturated carbocycles. The van der Waals surface area contributed by atoms with Crippen molar-refractivity contribution in [3.8, 4) is 0 Å². The molecule has 0 aliphatic carbocycles. The predicted molar refractivity (Wildman–Crippen MR) is 331 cm³/mol. The third kappa shape index (κ3) is 13.2. The summed E-state index contributed by atoms with van der Waals surface area (Å²) >= 11 is 0. The van der Waals surface area contributed by atoms with Gasteiger partial charge < -0.3 is 80.8 Å². The summed E-state index contributed by atoms with van der Waals surface area (Å²) in [4.78, 5) is 108. The Hall–Kier alpha value is -6.29. The van der Waals surface area contributed by atoms with E-state index in [0.29, 0.717) is 34.6 Å². The third-order valence-corrected chi connectivity index (χ3v) is 22.9. The molecule has 6 aliphatic rings. The number of nitrogens with one attached hydrogen (secondary N) is 6. The summed E-state index contributed by atoms with van der Waals surface area (Å²) in [6.45, 7) is 20.2. The Kier molecular flexibility index (Phi) is 20.1. The van der Waals surface area contributed by atoms with Crippen molar-refractivity contribution in [3.05, 3.63) is 63.9 Å². The van der Waals surface area contributed by atoms with Crippen molar-refractivity contribution in [2.75, 3.05) is 13.2 Å². The average Bonchev–Trinajstić information content (AvgIpc) is 1.53. The molecular formula is C62H97N13O14P+. The van der Waals surface area contributed by atoms with E-state index < -0.39 is 156 Å². The summed E-state index contributed by atoms with van der Waals surface area (Å²) in [6, 6.07) is 1.38. The number of fused-ring (bicyclic) bond motifs is 10. The standard InChI is InChI=1S/C62H96N13O14P/c1-29-20-39-40(21-30(29)2)75(28-70-39)57-52(84)53(41(27-76)87-57)89-90(85,86)88-31(3)26-69-49(83)18-19-59(8)37(22-46(66)80)56-62(11)61(10,25-48(68)82)36(14-17-45(65)79)51(74-62)33(5)55-60(9,24-47(67)81)34(12-15-43(63)77)38(71-55)23-42-58(6,7)35(13-16-44(64)78)50(72-42)32(4)54(59)73-56/h20-21,23,28,31,34-37,41-42,50-53,56-57,71-74,76,84H,12-19,22,24-27H2,1-11H3,(H14,63,64,65,66,67,68,69,77,78,79,80,81,82,83,85,86)/p+1/b38-23-,54-32-,55-33-/t31-,34-,35-,36-,37+,41-,42+,50?,51-,52-,53-,56-,57+,59-,60+,61+,62+/m1/s1. The van der Waals surface area contributed by atoms with Gasteiger partial charge in [0, 0.05) is 126 Å². The quantitative estimate of drug-likeness (QED) is 0.0464. The molecule has 21 N–H and O–H groups in total. The van der Waals surface area contributed by atoms with Gasteiger partial charge in [-0.15, -0.1) is 0 Å². The molecule has 5 saturated heterocycles. The first-order chi connectivity index (χ1) is 41.8. The van der Waals surface area contributed by atoms with Crippen LogP contribution in [-0.4, -0.2) is 129 Å². The molecule has 1 aromatic heterocycles. The van der Waals surface area contributed by atoms with Gasteiger partial charge in [0.2, 0.25) is 53.9 Å². The number of nitrogens with two attached hydrogens (primary N) is 6. The molecule has 6 aliphatic heterocycles. The molecule has 7 heterocycles. The van der Waals surface area contributed by atoms with E-state index in [4.69, 9.17) is 48.2 Å². The van der Waals surface area contributed by atoms with E-state index in [1.807, 2.05) is 67.5 Å². The Bertz CT molecular complexity index is 3330. The fraction of sp³-hybridized carbons (Fsp3) is 0.677. The maximum absolute atomic E-state index is 14.4. The van der Waals surface area contributed by atoms with Crippen LogP contribution in [0.15, 0.2) is 52.8 Å². The minimum absolute atomic E-state index is 0.0291. The van der Waals surface area contributed by atoms with Crippen molar-refractivity contribution in [3.63, 3.8) is 0 Å². The Labute approximate surface area is 525 Å². The molecule has 0 radical (unpaired) electrons. The first-order valence-electron chi connectivity index (χ1n) is 31.1. The average molecular weight is 1280 g/mol. The molecule has 28 heteroatoms. The number of primary amides is 6. The van der Waals surface area contributed by atoms with E-state index in [1.165, 1.54) is 6.92 Å². The Morgan fingerprint density at radius 3 is 1.97 bits per heavy atom. The number of rotatable bonds is 26. The van der Waals surface area contributed by atoms with Gasteiger partial charge in [-0.1, -0.05) is 34.6 Å². The number of hydrogen-bond donors (Lipinski definition) is 15. The lowest BCUT2D eigenvalue weighted by Crippen LogP contribution is -2.64. The summed E-state index contributed by atoms with van der Waals surface area (Å²) in [7, 11) is -5.04. The maximum Gasteiger partial charge on any atom is 0.472 e. The summed E-state index contributed by atoms with van der Waals surface area (Å²) in [6.07, 6.45) is -2.96. The highest BCUT2D eigenvalue weighted by Gasteiger charge is 2.68. The minimum Gasteiger partial charge on any atom is -0.394 e. The number of benzene rings is 1. The normalized spacial score (nSPS) is 36.8. The zero-order valence-corrected chi connectivity index (χ0v) is 54.6. The zero-order valence-electron chi connectivity index (χ0n) is 53.7. The van der Waals surface area contributed by atoms with E-state index in [-0.39, 0.29) is 76.7 Å². The van der Waals surface area contributed by atoms with Gasteiger partial charge in [0.25, 0.3) is 0 Å². The van der Waals surface area contributed by atoms with E-state index >= 15 is 0 Å². The number of amides is 7. The summed E-state index contributed by atoms with van der Waals surface area (Å²) < 4.78 is 32.4. The van der Waals surface area contributed by atoms with Crippen molar-refractivity contribution in [2.45, 2.75) is 207 Å². The summed E-state index contributed by atoms with van der Waals surface area (Å²) in [5, 5.41) is 40.2. The van der Waals surface area contributed by atoms with Gasteiger partial charge in [-0.2, -0.15) is 4.57 Å². The number of carbonyl (C=O) groups is 7. The first-order valence-corrected chi connectivity index (χ1v) is 32.6. The predicted octanol–water partition coefficient (Wildman–Crippen LogP) is 1.13. The third-order valence-electron chi connectivity index (χ3n) is 21.8. The lowest BCUT2D eigenvalue weighted by molar-refractivity contribution is -0.743. The monoisotopic (exact) mass is 1280 g/mol. The molecule has 8 rings (SSSR count). The van der Waals surface area contributed by atoms with Crippen LogP contribution in [0, 0.1) is 59.2 Å². The topological polar surface area (TPSA) is 461 Å². The van der Waals surface area contributed by atoms with Crippen LogP contribution in [-0.2, 0) is 51.9 Å². The zero-order chi connectivity index (χ0) is 66.7. The van der Waals surface area contributed by atoms with Crippen molar-refractivity contribution in [1.82, 2.24) is 31.6 Å². The minimum atomic E-state index is -5.04. The van der Waals surface area contributed by atoms with Crippen molar-refractivity contribution in [1.29, 1.82) is 0 Å². The highest BCUT2D eigenvalue weighted by atomic mass is 31.2. The van der Waals surface area contributed by atoms with E-state index in [2.05, 4.69) is 51.5 Å². The number of ether oxygens (including phenoxy) is 1. The van der Waals surface area contributed by atoms with Gasteiger partial charge in [0.05, 0.1) is 12.7 Å². The molecule has 8 bridgehead atoms. The van der Waals surface area contributed by atoms with E-state index in [0.717, 1.165) is 22.2 Å². The Morgan fingerprint density at radius 1 is 0.767 bits per heavy atom. The molecule has 90 heavy (non-hydrogen) atoms. The van der Waals surface area contributed by atoms with Crippen LogP contribution in [0.2, 0.25) is 0 Å². The number of phosphoric acid groups is 1. The van der Waals surface area contributed by atoms with E-state index in [9.17, 15) is 53.2 Å². The van der Waals surface area contributed by atoms with Gasteiger partial charge >= 0.3 is 7.82 Å². The van der Waals surface area contributed by atoms with Crippen molar-refractivity contribution >= 4 is 60.2 Å². The summed E-state index contributed by atoms with van der Waals surface area (Å²) in [5.74, 6) is -6.23. The number of aliphatic hydroxyl groups excluding tert-OH is 2. The molecule has 27 nitrogen and oxygen atoms in total. The van der Waals surface area contributed by atoms with Crippen LogP contribution in [0.3, 0.4) is 0 Å². The Morgan fingerprint density at radius 2 is 1.37 bits per heavy atom. The fourth-order valence-corrected chi connectivity index (χ4v) is 17.8. The maximum atomic E-state index is 14.4. The van der Waals surface area contributed by atoms with E-state index in [1.54, 1.807) is 10.9 Å². The number of allylic oxidation sites excluding steroid dienone is 3. The molecule has 0 spiro atoms. The molecule has 2 unspecified atom stereocenters. The number of aryl methyl sites for hydroxylation is 2. The second-order valence-corrected chi connectivity index (χ2v) is 29.3. The van der Waals surface area contributed by atoms with Crippen LogP contribution in [0.5, 0.6) is 0 Å². The number of hydrogen-bond acceptors (Lipinski definition) is 17. The molecule has 498 valence electrons. The van der Waals surface area contributed by atoms with Crippen LogP contribution in [0.4, 0.5) is 0 Å². The molecule has 1 aromatic carbocycles. The smallest absolute Gasteiger partial charge is 0.394 e. The second-order valence-electron chi connectivity index (χ2n) is 28.0. The van der Waals surface area contributed by atoms with Gasteiger partial charge in [0.15, 0.2) is 11.0 Å². The van der Waals surface area contributed by atoms with Gasteiger partial charge in [-0.3, -0.25) is 42.6 Å². The number of aromatic amines is 1. The van der Waals surface area contributed by atoms with Gasteiger partial charge in [0.1, 0.15) is 18.3 Å². The number of carbonyl (C=O) groups excluding carboxylic acids is 7. The SMILES string of the molecule is C/C1=C2/N[C@H]([C@H](CC(N)=O)[C@@]2(C)CCC(=O)NC[C@@H](C)OP(=O)(O)O[C@H]2[C@@H](O)[C@@H]([n+]3c[nH]c4cc(C)c(C)cc43)O[C@@H]2CO)[C@]2(C)N[C@H](/C(C)=C3\N/C(=C\[C@@H]4NC1[C@@H](CCC(N)=O)C4(C)C)[C@@H](CCC(N)=O)[C@]3(C)CC(N)=O)[C@@H](CCC(N)=O)[C@]2(C)CC(N)=O. The molecule has 7 amide bonds. The number of nitrogens with zero attached hydrogens (tertiary/aromatic N) is 1. The number of imidazole rings is 1. The van der Waals surface area contributed by atoms with Crippen molar-refractivity contribution < 1.29 is 71.6 Å². The lowest BCUT2D eigenvalue weighted by Gasteiger charge is -2.49. The van der Waals surface area contributed by atoms with Crippen LogP contribution < -0.4 is 65.6 Å². The lowest BCUT2D eigenvalue weighted by atomic mass is 9.56. The Balaban J connectivity index is 1.17. The number of phosphoric ester groups is 1. The van der Waals surface area contributed by atoms with Gasteiger partial charge in [-0.05, 0) is 125 Å². The number of aromatic nitrogens is 2. The highest BCUT2D eigenvalue weighted by molar-refractivity contribution is 7.47. The van der Waals surface area contributed by atoms with Crippen LogP contribution in [0.25, 0.3) is 11.0 Å². The first kappa shape index (κ1) is 69.6. The van der Waals surface area contributed by atoms with Gasteiger partial charge in [-0.25, -0.2) is 9.55 Å².